The normalized spacial score (nSPS) is 19.9. The van der Waals surface area contributed by atoms with Crippen LogP contribution in [-0.2, 0) is 0 Å². The average Bonchev–Trinajstić information content (AvgIpc) is 2.39. The lowest BCUT2D eigenvalue weighted by Crippen LogP contribution is -2.45. The second-order valence-electron chi connectivity index (χ2n) is 4.97. The molecule has 1 saturated heterocycles. The number of nitrogens with one attached hydrogen (secondary N) is 1. The van der Waals surface area contributed by atoms with E-state index in [9.17, 15) is 0 Å². The first kappa shape index (κ1) is 14.7. The molecule has 1 atom stereocenters. The van der Waals surface area contributed by atoms with Crippen LogP contribution in [0, 0.1) is 0 Å². The van der Waals surface area contributed by atoms with Crippen LogP contribution < -0.4 is 16.2 Å². The molecule has 1 fully saturated rings. The van der Waals surface area contributed by atoms with Crippen molar-refractivity contribution in [2.45, 2.75) is 18.9 Å². The molecule has 7 heteroatoms. The Morgan fingerprint density at radius 3 is 2.79 bits per heavy atom. The van der Waals surface area contributed by atoms with E-state index in [0.717, 1.165) is 25.3 Å². The summed E-state index contributed by atoms with van der Waals surface area (Å²) in [7, 11) is 4.19. The number of pyridine rings is 1. The van der Waals surface area contributed by atoms with Crippen LogP contribution in [0.2, 0.25) is 10.0 Å². The highest BCUT2D eigenvalue weighted by atomic mass is 35.5. The Morgan fingerprint density at radius 1 is 1.42 bits per heavy atom. The molecular formula is C12H19Cl2N5. The first-order valence-electron chi connectivity index (χ1n) is 6.27. The van der Waals surface area contributed by atoms with Crippen molar-refractivity contribution in [3.8, 4) is 0 Å². The van der Waals surface area contributed by atoms with Crippen molar-refractivity contribution >= 4 is 34.8 Å². The van der Waals surface area contributed by atoms with Gasteiger partial charge in [0.2, 0.25) is 0 Å². The summed E-state index contributed by atoms with van der Waals surface area (Å²) in [5.41, 5.74) is 2.50. The number of nitrogens with two attached hydrogens (primary N) is 1. The Kier molecular flexibility index (Phi) is 4.73. The molecular weight excluding hydrogens is 285 g/mol. The Bertz CT molecular complexity index is 452. The molecule has 19 heavy (non-hydrogen) atoms. The van der Waals surface area contributed by atoms with Crippen molar-refractivity contribution in [3.05, 3.63) is 16.1 Å². The van der Waals surface area contributed by atoms with Crippen LogP contribution in [-0.4, -0.2) is 43.1 Å². The molecule has 0 aromatic carbocycles. The number of likely N-dealkylation sites (N-methyl/N-ethyl adjacent to an activating group) is 1. The van der Waals surface area contributed by atoms with Gasteiger partial charge in [-0.15, -0.1) is 0 Å². The largest absolute Gasteiger partial charge is 0.354 e. The van der Waals surface area contributed by atoms with E-state index >= 15 is 0 Å². The average molecular weight is 304 g/mol. The lowest BCUT2D eigenvalue weighted by Gasteiger charge is -2.37. The molecule has 0 bridgehead atoms. The third-order valence-corrected chi connectivity index (χ3v) is 4.04. The summed E-state index contributed by atoms with van der Waals surface area (Å²) in [6, 6.07) is 2.19. The number of halogens is 2. The third-order valence-electron chi connectivity index (χ3n) is 3.47. The van der Waals surface area contributed by atoms with E-state index in [4.69, 9.17) is 29.0 Å². The summed E-state index contributed by atoms with van der Waals surface area (Å²) in [6.07, 6.45) is 2.31. The number of aromatic nitrogens is 1. The molecule has 1 aliphatic heterocycles. The number of hydrogen-bond acceptors (Lipinski definition) is 5. The fourth-order valence-electron chi connectivity index (χ4n) is 2.35. The second-order valence-corrected chi connectivity index (χ2v) is 5.79. The number of hydrogen-bond donors (Lipinski definition) is 2. The van der Waals surface area contributed by atoms with Crippen LogP contribution in [0.15, 0.2) is 6.07 Å². The third kappa shape index (κ3) is 3.23. The minimum atomic E-state index is 0.428. The molecule has 2 rings (SSSR count). The fraction of sp³-hybridized carbons (Fsp3) is 0.583. The monoisotopic (exact) mass is 303 g/mol. The molecule has 0 amide bonds. The zero-order chi connectivity index (χ0) is 14.0. The fourth-order valence-corrected chi connectivity index (χ4v) is 2.88. The van der Waals surface area contributed by atoms with Crippen LogP contribution >= 0.6 is 23.2 Å². The van der Waals surface area contributed by atoms with E-state index in [2.05, 4.69) is 34.3 Å². The maximum absolute atomic E-state index is 6.25. The lowest BCUT2D eigenvalue weighted by atomic mass is 10.1. The van der Waals surface area contributed by atoms with E-state index in [-0.39, 0.29) is 0 Å². The van der Waals surface area contributed by atoms with E-state index in [1.54, 1.807) is 6.07 Å². The molecule has 0 spiro atoms. The molecule has 5 nitrogen and oxygen atoms in total. The highest BCUT2D eigenvalue weighted by molar-refractivity contribution is 6.37. The van der Waals surface area contributed by atoms with Gasteiger partial charge in [0, 0.05) is 19.1 Å². The lowest BCUT2D eigenvalue weighted by molar-refractivity contribution is 0.257. The first-order chi connectivity index (χ1) is 9.02. The van der Waals surface area contributed by atoms with Gasteiger partial charge in [0.05, 0.1) is 10.0 Å². The van der Waals surface area contributed by atoms with Crippen LogP contribution in [0.4, 0.5) is 11.6 Å². The summed E-state index contributed by atoms with van der Waals surface area (Å²) < 4.78 is 0. The highest BCUT2D eigenvalue weighted by Crippen LogP contribution is 2.32. The molecule has 0 saturated carbocycles. The van der Waals surface area contributed by atoms with Gasteiger partial charge in [0.15, 0.2) is 5.82 Å². The highest BCUT2D eigenvalue weighted by Gasteiger charge is 2.24. The van der Waals surface area contributed by atoms with Gasteiger partial charge >= 0.3 is 0 Å². The van der Waals surface area contributed by atoms with Crippen LogP contribution in [0.3, 0.4) is 0 Å². The van der Waals surface area contributed by atoms with Gasteiger partial charge in [-0.1, -0.05) is 23.2 Å². The predicted molar refractivity (Wildman–Crippen MR) is 81.0 cm³/mol. The molecule has 1 aromatic heterocycles. The van der Waals surface area contributed by atoms with E-state index in [1.165, 1.54) is 6.42 Å². The number of hydrazine groups is 1. The van der Waals surface area contributed by atoms with Crippen LogP contribution in [0.5, 0.6) is 0 Å². The Balaban J connectivity index is 2.25. The topological polar surface area (TPSA) is 57.4 Å². The maximum atomic E-state index is 6.25. The van der Waals surface area contributed by atoms with Gasteiger partial charge in [0.1, 0.15) is 5.82 Å². The van der Waals surface area contributed by atoms with Crippen molar-refractivity contribution < 1.29 is 0 Å². The Hall–Kier alpha value is -0.750. The van der Waals surface area contributed by atoms with E-state index in [1.807, 2.05) is 0 Å². The summed E-state index contributed by atoms with van der Waals surface area (Å²) in [6.45, 7) is 1.86. The molecule has 3 N–H and O–H groups in total. The molecule has 1 aromatic rings. The number of nitrogen functional groups attached to an aromatic ring is 1. The molecule has 1 aliphatic rings. The smallest absolute Gasteiger partial charge is 0.161 e. The molecule has 106 valence electrons. The minimum Gasteiger partial charge on any atom is -0.354 e. The number of rotatable bonds is 3. The van der Waals surface area contributed by atoms with Crippen LogP contribution in [0.25, 0.3) is 0 Å². The number of nitrogens with zero attached hydrogens (tertiary/aromatic N) is 3. The minimum absolute atomic E-state index is 0.428. The molecule has 0 aliphatic carbocycles. The van der Waals surface area contributed by atoms with Crippen molar-refractivity contribution in [2.75, 3.05) is 37.5 Å². The SMILES string of the molecule is CN(C)C1CCCN(c2nc(NN)c(Cl)cc2Cl)C1. The van der Waals surface area contributed by atoms with Gasteiger partial charge < -0.3 is 15.2 Å². The van der Waals surface area contributed by atoms with Gasteiger partial charge in [-0.3, -0.25) is 0 Å². The van der Waals surface area contributed by atoms with Gasteiger partial charge in [0.25, 0.3) is 0 Å². The van der Waals surface area contributed by atoms with Crippen molar-refractivity contribution in [3.63, 3.8) is 0 Å². The van der Waals surface area contributed by atoms with E-state index in [0.29, 0.717) is 21.9 Å². The molecule has 1 unspecified atom stereocenters. The van der Waals surface area contributed by atoms with Gasteiger partial charge in [-0.2, -0.15) is 0 Å². The quantitative estimate of drug-likeness (QED) is 0.662. The number of anilines is 2. The zero-order valence-electron chi connectivity index (χ0n) is 11.2. The van der Waals surface area contributed by atoms with Crippen LogP contribution in [0.1, 0.15) is 12.8 Å². The van der Waals surface area contributed by atoms with E-state index < -0.39 is 0 Å². The standard InChI is InChI=1S/C12H19Cl2N5/c1-18(2)8-4-3-5-19(7-8)12-10(14)6-9(13)11(16-12)17-15/h6,8H,3-5,7,15H2,1-2H3,(H,16,17). The van der Waals surface area contributed by atoms with Gasteiger partial charge in [-0.05, 0) is 33.0 Å². The Labute approximate surface area is 123 Å². The zero-order valence-corrected chi connectivity index (χ0v) is 12.7. The second kappa shape index (κ2) is 6.13. The van der Waals surface area contributed by atoms with Crippen molar-refractivity contribution in [1.82, 2.24) is 9.88 Å². The number of piperidine rings is 1. The summed E-state index contributed by atoms with van der Waals surface area (Å²) >= 11 is 12.3. The predicted octanol–water partition coefficient (Wildman–Crippen LogP) is 2.20. The van der Waals surface area contributed by atoms with Gasteiger partial charge in [-0.25, -0.2) is 10.8 Å². The first-order valence-corrected chi connectivity index (χ1v) is 7.02. The van der Waals surface area contributed by atoms with Crippen molar-refractivity contribution in [2.24, 2.45) is 5.84 Å². The maximum Gasteiger partial charge on any atom is 0.161 e. The molecule has 2 heterocycles. The van der Waals surface area contributed by atoms with Crippen molar-refractivity contribution in [1.29, 1.82) is 0 Å². The summed E-state index contributed by atoms with van der Waals surface area (Å²) in [4.78, 5) is 8.84. The summed E-state index contributed by atoms with van der Waals surface area (Å²) in [5, 5.41) is 0.987. The molecule has 0 radical (unpaired) electrons. The summed E-state index contributed by atoms with van der Waals surface area (Å²) in [5.74, 6) is 6.60. The Morgan fingerprint density at radius 2 is 2.16 bits per heavy atom.